The topological polar surface area (TPSA) is 15.3 Å². The number of likely N-dealkylation sites (tertiary alicyclic amines) is 1. The first-order chi connectivity index (χ1) is 7.63. The van der Waals surface area contributed by atoms with Gasteiger partial charge in [0.25, 0.3) is 0 Å². The lowest BCUT2D eigenvalue weighted by Crippen LogP contribution is -2.32. The largest absolute Gasteiger partial charge is 0.319 e. The molecule has 90 valence electrons. The number of nitrogens with one attached hydrogen (secondary N) is 1. The molecular formula is C12H19BrN2S. The molecule has 2 nitrogen and oxygen atoms in total. The van der Waals surface area contributed by atoms with Gasteiger partial charge < -0.3 is 5.32 Å². The molecule has 1 aliphatic rings. The van der Waals surface area contributed by atoms with Gasteiger partial charge in [0.1, 0.15) is 0 Å². The zero-order chi connectivity index (χ0) is 11.6. The average molecular weight is 303 g/mol. The van der Waals surface area contributed by atoms with E-state index in [-0.39, 0.29) is 0 Å². The first-order valence-electron chi connectivity index (χ1n) is 5.72. The number of nitrogens with zero attached hydrogens (tertiary/aromatic N) is 1. The second-order valence-corrected chi connectivity index (χ2v) is 6.85. The van der Waals surface area contributed by atoms with Gasteiger partial charge in [-0.15, -0.1) is 11.3 Å². The van der Waals surface area contributed by atoms with Gasteiger partial charge in [0, 0.05) is 29.0 Å². The lowest BCUT2D eigenvalue weighted by molar-refractivity contribution is 0.267. The van der Waals surface area contributed by atoms with Crippen molar-refractivity contribution in [1.29, 1.82) is 0 Å². The van der Waals surface area contributed by atoms with Crippen molar-refractivity contribution < 1.29 is 0 Å². The van der Waals surface area contributed by atoms with Crippen molar-refractivity contribution in [3.8, 4) is 0 Å². The van der Waals surface area contributed by atoms with E-state index < -0.39 is 0 Å². The summed E-state index contributed by atoms with van der Waals surface area (Å²) in [5, 5.41) is 5.46. The minimum absolute atomic E-state index is 0.457. The summed E-state index contributed by atoms with van der Waals surface area (Å²) in [5.41, 5.74) is 0.457. The average Bonchev–Trinajstić information content (AvgIpc) is 2.77. The Balaban J connectivity index is 1.92. The molecular weight excluding hydrogens is 284 g/mol. The highest BCUT2D eigenvalue weighted by Gasteiger charge is 2.33. The van der Waals surface area contributed by atoms with Crippen LogP contribution in [0.2, 0.25) is 0 Å². The predicted molar refractivity (Wildman–Crippen MR) is 73.9 cm³/mol. The first-order valence-corrected chi connectivity index (χ1v) is 7.39. The van der Waals surface area contributed by atoms with E-state index in [0.29, 0.717) is 5.41 Å². The van der Waals surface area contributed by atoms with Crippen molar-refractivity contribution in [2.45, 2.75) is 19.9 Å². The smallest absolute Gasteiger partial charge is 0.0339 e. The van der Waals surface area contributed by atoms with Crippen LogP contribution in [0.3, 0.4) is 0 Å². The molecule has 1 fully saturated rings. The fraction of sp³-hybridized carbons (Fsp3) is 0.667. The Morgan fingerprint density at radius 1 is 1.62 bits per heavy atom. The van der Waals surface area contributed by atoms with E-state index in [1.54, 1.807) is 0 Å². The highest BCUT2D eigenvalue weighted by molar-refractivity contribution is 9.10. The summed E-state index contributed by atoms with van der Waals surface area (Å²) in [6.45, 7) is 7.03. The third-order valence-corrected chi connectivity index (χ3v) is 5.21. The summed E-state index contributed by atoms with van der Waals surface area (Å²) in [5.74, 6) is 0. The molecule has 0 aliphatic carbocycles. The van der Waals surface area contributed by atoms with Crippen molar-refractivity contribution >= 4 is 27.3 Å². The molecule has 1 aromatic heterocycles. The second-order valence-electron chi connectivity index (χ2n) is 4.99. The van der Waals surface area contributed by atoms with Gasteiger partial charge in [-0.1, -0.05) is 6.92 Å². The number of halogens is 1. The van der Waals surface area contributed by atoms with Gasteiger partial charge in [-0.25, -0.2) is 0 Å². The lowest BCUT2D eigenvalue weighted by Gasteiger charge is -2.24. The Hall–Kier alpha value is 0.100. The van der Waals surface area contributed by atoms with Crippen molar-refractivity contribution in [3.63, 3.8) is 0 Å². The fourth-order valence-electron chi connectivity index (χ4n) is 2.47. The molecule has 1 unspecified atom stereocenters. The molecule has 16 heavy (non-hydrogen) atoms. The maximum Gasteiger partial charge on any atom is 0.0339 e. The van der Waals surface area contributed by atoms with Crippen molar-refractivity contribution in [3.05, 3.63) is 20.8 Å². The molecule has 0 saturated carbocycles. The molecule has 2 rings (SSSR count). The zero-order valence-electron chi connectivity index (χ0n) is 9.92. The Morgan fingerprint density at radius 2 is 2.44 bits per heavy atom. The number of rotatable bonds is 4. The molecule has 2 heterocycles. The standard InChI is InChI=1S/C12H19BrN2S/c1-12(8-14-2)4-5-15(9-12)7-11-10(13)3-6-16-11/h3,6,14H,4-5,7-9H2,1-2H3. The number of hydrogen-bond acceptors (Lipinski definition) is 3. The summed E-state index contributed by atoms with van der Waals surface area (Å²) in [6.07, 6.45) is 1.30. The monoisotopic (exact) mass is 302 g/mol. The minimum atomic E-state index is 0.457. The molecule has 0 bridgehead atoms. The van der Waals surface area contributed by atoms with E-state index in [1.165, 1.54) is 28.9 Å². The molecule has 1 aliphatic heterocycles. The van der Waals surface area contributed by atoms with Crippen molar-refractivity contribution in [2.75, 3.05) is 26.7 Å². The molecule has 1 aromatic rings. The molecule has 4 heteroatoms. The summed E-state index contributed by atoms with van der Waals surface area (Å²) in [7, 11) is 2.05. The molecule has 1 atom stereocenters. The minimum Gasteiger partial charge on any atom is -0.319 e. The maximum absolute atomic E-state index is 3.60. The van der Waals surface area contributed by atoms with Gasteiger partial charge in [-0.05, 0) is 52.8 Å². The summed E-state index contributed by atoms with van der Waals surface area (Å²) >= 11 is 5.45. The second kappa shape index (κ2) is 5.17. The van der Waals surface area contributed by atoms with E-state index in [1.807, 2.05) is 18.4 Å². The third kappa shape index (κ3) is 2.86. The van der Waals surface area contributed by atoms with Crippen LogP contribution in [0.15, 0.2) is 15.9 Å². The lowest BCUT2D eigenvalue weighted by atomic mass is 9.90. The van der Waals surface area contributed by atoms with Gasteiger partial charge in [0.15, 0.2) is 0 Å². The Bertz CT molecular complexity index is 353. The van der Waals surface area contributed by atoms with Crippen LogP contribution in [0.1, 0.15) is 18.2 Å². The fourth-order valence-corrected chi connectivity index (χ4v) is 3.99. The van der Waals surface area contributed by atoms with E-state index in [9.17, 15) is 0 Å². The third-order valence-electron chi connectivity index (χ3n) is 3.30. The number of thiophene rings is 1. The zero-order valence-corrected chi connectivity index (χ0v) is 12.3. The summed E-state index contributed by atoms with van der Waals surface area (Å²) < 4.78 is 1.26. The van der Waals surface area contributed by atoms with E-state index in [0.717, 1.165) is 13.1 Å². The van der Waals surface area contributed by atoms with Crippen LogP contribution < -0.4 is 5.32 Å². The van der Waals surface area contributed by atoms with E-state index in [4.69, 9.17) is 0 Å². The first kappa shape index (κ1) is 12.6. The molecule has 0 amide bonds. The van der Waals surface area contributed by atoms with Gasteiger partial charge in [0.2, 0.25) is 0 Å². The SMILES string of the molecule is CNCC1(C)CCN(Cc2sccc2Br)C1. The van der Waals surface area contributed by atoms with Gasteiger partial charge >= 0.3 is 0 Å². The normalized spacial score (nSPS) is 26.4. The Kier molecular flexibility index (Phi) is 4.06. The molecule has 1 saturated heterocycles. The predicted octanol–water partition coefficient (Wildman–Crippen LogP) is 2.94. The molecule has 1 N–H and O–H groups in total. The van der Waals surface area contributed by atoms with E-state index in [2.05, 4.69) is 44.5 Å². The summed E-state index contributed by atoms with van der Waals surface area (Å²) in [4.78, 5) is 4.02. The number of hydrogen-bond donors (Lipinski definition) is 1. The van der Waals surface area contributed by atoms with Crippen LogP contribution >= 0.6 is 27.3 Å². The van der Waals surface area contributed by atoms with Gasteiger partial charge in [-0.3, -0.25) is 4.90 Å². The van der Waals surface area contributed by atoms with Crippen LogP contribution in [-0.2, 0) is 6.54 Å². The van der Waals surface area contributed by atoms with Crippen LogP contribution in [-0.4, -0.2) is 31.6 Å². The van der Waals surface area contributed by atoms with Gasteiger partial charge in [-0.2, -0.15) is 0 Å². The molecule has 0 spiro atoms. The highest BCUT2D eigenvalue weighted by Crippen LogP contribution is 2.32. The van der Waals surface area contributed by atoms with Crippen molar-refractivity contribution in [1.82, 2.24) is 10.2 Å². The van der Waals surface area contributed by atoms with Crippen LogP contribution in [0.4, 0.5) is 0 Å². The Labute approximate surface area is 110 Å². The Morgan fingerprint density at radius 3 is 3.06 bits per heavy atom. The van der Waals surface area contributed by atoms with Gasteiger partial charge in [0.05, 0.1) is 0 Å². The van der Waals surface area contributed by atoms with Crippen LogP contribution in [0, 0.1) is 5.41 Å². The van der Waals surface area contributed by atoms with Crippen LogP contribution in [0.5, 0.6) is 0 Å². The maximum atomic E-state index is 3.60. The molecule has 0 aromatic carbocycles. The quantitative estimate of drug-likeness (QED) is 0.920. The summed E-state index contributed by atoms with van der Waals surface area (Å²) in [6, 6.07) is 2.14. The van der Waals surface area contributed by atoms with E-state index >= 15 is 0 Å². The molecule has 0 radical (unpaired) electrons. The highest BCUT2D eigenvalue weighted by atomic mass is 79.9. The van der Waals surface area contributed by atoms with Crippen molar-refractivity contribution in [2.24, 2.45) is 5.41 Å². The van der Waals surface area contributed by atoms with Crippen LogP contribution in [0.25, 0.3) is 0 Å².